The topological polar surface area (TPSA) is 45.3 Å². The number of allylic oxidation sites excluding steroid dienone is 1. The number of ether oxygens (including phenoxy) is 1. The molecule has 0 aliphatic carbocycles. The van der Waals surface area contributed by atoms with E-state index >= 15 is 0 Å². The standard InChI is InChI=1S/C24H27Br2Cl2N3O/c1-3-5-16-17(25)14-18(26)24(23(16)29-2)32-13-12-31-20-8-7-19(27)22(28)21(20)15-6-4-10-30-11-9-15/h3,5-8,14,29-31H,4,9-13H2,1-2H3/b5-3-. The Morgan fingerprint density at radius 2 is 2.00 bits per heavy atom. The van der Waals surface area contributed by atoms with E-state index in [0.717, 1.165) is 63.1 Å². The minimum atomic E-state index is 0.477. The van der Waals surface area contributed by atoms with Gasteiger partial charge in [-0.3, -0.25) is 0 Å². The van der Waals surface area contributed by atoms with Crippen molar-refractivity contribution < 1.29 is 4.74 Å². The second kappa shape index (κ2) is 12.3. The summed E-state index contributed by atoms with van der Waals surface area (Å²) in [4.78, 5) is 0. The van der Waals surface area contributed by atoms with Crippen LogP contribution in [0.5, 0.6) is 5.75 Å². The fourth-order valence-electron chi connectivity index (χ4n) is 3.71. The van der Waals surface area contributed by atoms with Crippen LogP contribution < -0.4 is 20.7 Å². The van der Waals surface area contributed by atoms with E-state index in [1.165, 1.54) is 5.57 Å². The summed E-state index contributed by atoms with van der Waals surface area (Å²) in [6.07, 6.45) is 8.19. The Hall–Kier alpha value is -1.18. The molecular formula is C24H27Br2Cl2N3O. The summed E-state index contributed by atoms with van der Waals surface area (Å²) in [5.41, 5.74) is 5.14. The van der Waals surface area contributed by atoms with Gasteiger partial charge in [0, 0.05) is 34.9 Å². The first-order valence-corrected chi connectivity index (χ1v) is 12.9. The summed E-state index contributed by atoms with van der Waals surface area (Å²) in [6.45, 7) is 4.98. The van der Waals surface area contributed by atoms with Crippen LogP contribution in [0.3, 0.4) is 0 Å². The molecule has 0 fully saturated rings. The van der Waals surface area contributed by atoms with Gasteiger partial charge in [0.15, 0.2) is 5.75 Å². The predicted octanol–water partition coefficient (Wildman–Crippen LogP) is 7.85. The van der Waals surface area contributed by atoms with Gasteiger partial charge in [-0.15, -0.1) is 0 Å². The molecule has 1 aliphatic rings. The van der Waals surface area contributed by atoms with E-state index in [4.69, 9.17) is 27.9 Å². The highest BCUT2D eigenvalue weighted by Crippen LogP contribution is 2.41. The van der Waals surface area contributed by atoms with Gasteiger partial charge >= 0.3 is 0 Å². The lowest BCUT2D eigenvalue weighted by Crippen LogP contribution is -2.15. The van der Waals surface area contributed by atoms with Crippen LogP contribution in [-0.4, -0.2) is 33.3 Å². The van der Waals surface area contributed by atoms with Crippen LogP contribution in [-0.2, 0) is 0 Å². The van der Waals surface area contributed by atoms with E-state index in [9.17, 15) is 0 Å². The normalized spacial score (nSPS) is 14.2. The van der Waals surface area contributed by atoms with Crippen molar-refractivity contribution in [1.29, 1.82) is 0 Å². The number of hydrogen-bond acceptors (Lipinski definition) is 4. The van der Waals surface area contributed by atoms with Crippen LogP contribution in [0.2, 0.25) is 10.0 Å². The maximum absolute atomic E-state index is 6.63. The number of anilines is 2. The second-order valence-corrected chi connectivity index (χ2v) is 9.78. The van der Waals surface area contributed by atoms with Crippen LogP contribution in [0.1, 0.15) is 30.9 Å². The lowest BCUT2D eigenvalue weighted by molar-refractivity contribution is 0.332. The van der Waals surface area contributed by atoms with Crippen LogP contribution in [0.15, 0.2) is 39.3 Å². The molecule has 32 heavy (non-hydrogen) atoms. The minimum Gasteiger partial charge on any atom is -0.488 e. The smallest absolute Gasteiger partial charge is 0.157 e. The molecule has 1 heterocycles. The molecule has 8 heteroatoms. The highest BCUT2D eigenvalue weighted by atomic mass is 79.9. The molecule has 0 unspecified atom stereocenters. The van der Waals surface area contributed by atoms with Crippen LogP contribution in [0.4, 0.5) is 11.4 Å². The second-order valence-electron chi connectivity index (χ2n) is 7.29. The molecule has 0 amide bonds. The number of rotatable bonds is 8. The van der Waals surface area contributed by atoms with Crippen molar-refractivity contribution in [3.8, 4) is 5.75 Å². The first kappa shape index (κ1) is 25.4. The highest BCUT2D eigenvalue weighted by Gasteiger charge is 2.17. The van der Waals surface area contributed by atoms with Gasteiger partial charge in [-0.25, -0.2) is 0 Å². The third-order valence-electron chi connectivity index (χ3n) is 5.17. The zero-order valence-corrected chi connectivity index (χ0v) is 22.8. The van der Waals surface area contributed by atoms with Gasteiger partial charge in [0.2, 0.25) is 0 Å². The Morgan fingerprint density at radius 3 is 2.75 bits per heavy atom. The molecule has 0 bridgehead atoms. The van der Waals surface area contributed by atoms with Crippen molar-refractivity contribution in [2.24, 2.45) is 0 Å². The quantitative estimate of drug-likeness (QED) is 0.269. The molecule has 1 aliphatic heterocycles. The van der Waals surface area contributed by atoms with Crippen molar-refractivity contribution in [2.45, 2.75) is 19.8 Å². The molecule has 0 saturated carbocycles. The van der Waals surface area contributed by atoms with Gasteiger partial charge in [-0.05, 0) is 72.6 Å². The SMILES string of the molecule is C/C=C\c1c(Br)cc(Br)c(OCCNc2ccc(Cl)c(Cl)c2C2=CCCNCC2)c1NC. The van der Waals surface area contributed by atoms with Crippen molar-refractivity contribution in [3.63, 3.8) is 0 Å². The molecule has 0 atom stereocenters. The summed E-state index contributed by atoms with van der Waals surface area (Å²) in [6, 6.07) is 5.82. The Balaban J connectivity index is 1.77. The van der Waals surface area contributed by atoms with Gasteiger partial charge in [0.25, 0.3) is 0 Å². The van der Waals surface area contributed by atoms with E-state index in [2.05, 4.69) is 53.9 Å². The Kier molecular flexibility index (Phi) is 9.80. The summed E-state index contributed by atoms with van der Waals surface area (Å²) >= 11 is 20.2. The largest absolute Gasteiger partial charge is 0.488 e. The summed E-state index contributed by atoms with van der Waals surface area (Å²) in [5.74, 6) is 0.775. The number of halogens is 4. The molecule has 0 radical (unpaired) electrons. The molecule has 3 rings (SSSR count). The lowest BCUT2D eigenvalue weighted by atomic mass is 10.00. The monoisotopic (exact) mass is 601 g/mol. The van der Waals surface area contributed by atoms with Crippen LogP contribution in [0.25, 0.3) is 11.6 Å². The zero-order chi connectivity index (χ0) is 23.1. The van der Waals surface area contributed by atoms with Crippen molar-refractivity contribution in [1.82, 2.24) is 5.32 Å². The third kappa shape index (κ3) is 6.03. The third-order valence-corrected chi connectivity index (χ3v) is 7.22. The molecule has 0 spiro atoms. The van der Waals surface area contributed by atoms with Crippen molar-refractivity contribution >= 4 is 78.1 Å². The molecule has 2 aromatic rings. The average Bonchev–Trinajstić information content (AvgIpc) is 3.05. The maximum Gasteiger partial charge on any atom is 0.157 e. The molecule has 172 valence electrons. The van der Waals surface area contributed by atoms with Crippen LogP contribution >= 0.6 is 55.1 Å². The van der Waals surface area contributed by atoms with Gasteiger partial charge in [-0.1, -0.05) is 57.4 Å². The molecule has 4 nitrogen and oxygen atoms in total. The first-order chi connectivity index (χ1) is 15.5. The molecule has 0 saturated heterocycles. The van der Waals surface area contributed by atoms with E-state index < -0.39 is 0 Å². The Labute approximate surface area is 217 Å². The summed E-state index contributed by atoms with van der Waals surface area (Å²) in [7, 11) is 1.89. The number of hydrogen-bond donors (Lipinski definition) is 3. The van der Waals surface area contributed by atoms with Gasteiger partial charge in [0.1, 0.15) is 6.61 Å². The maximum atomic E-state index is 6.63. The van der Waals surface area contributed by atoms with Crippen LogP contribution in [0, 0.1) is 0 Å². The zero-order valence-electron chi connectivity index (χ0n) is 18.1. The van der Waals surface area contributed by atoms with Crippen molar-refractivity contribution in [2.75, 3.05) is 43.9 Å². The predicted molar refractivity (Wildman–Crippen MR) is 147 cm³/mol. The fraction of sp³-hybridized carbons (Fsp3) is 0.333. The lowest BCUT2D eigenvalue weighted by Gasteiger charge is -2.19. The fourth-order valence-corrected chi connectivity index (χ4v) is 5.56. The Morgan fingerprint density at radius 1 is 1.19 bits per heavy atom. The number of benzene rings is 2. The van der Waals surface area contributed by atoms with Crippen molar-refractivity contribution in [3.05, 3.63) is 60.5 Å². The van der Waals surface area contributed by atoms with Gasteiger partial charge < -0.3 is 20.7 Å². The van der Waals surface area contributed by atoms with E-state index in [1.54, 1.807) is 0 Å². The van der Waals surface area contributed by atoms with Gasteiger partial charge in [0.05, 0.1) is 20.2 Å². The number of nitrogens with one attached hydrogen (secondary N) is 3. The molecular weight excluding hydrogens is 577 g/mol. The van der Waals surface area contributed by atoms with E-state index in [1.807, 2.05) is 44.3 Å². The Bertz CT molecular complexity index is 1030. The minimum absolute atomic E-state index is 0.477. The molecule has 0 aromatic heterocycles. The molecule has 3 N–H and O–H groups in total. The van der Waals surface area contributed by atoms with Gasteiger partial charge in [-0.2, -0.15) is 0 Å². The highest BCUT2D eigenvalue weighted by molar-refractivity contribution is 9.11. The average molecular weight is 604 g/mol. The summed E-state index contributed by atoms with van der Waals surface area (Å²) < 4.78 is 8.04. The molecule has 2 aromatic carbocycles. The first-order valence-electron chi connectivity index (χ1n) is 10.5. The summed E-state index contributed by atoms with van der Waals surface area (Å²) in [5, 5.41) is 11.3. The van der Waals surface area contributed by atoms with E-state index in [0.29, 0.717) is 23.2 Å². The van der Waals surface area contributed by atoms with E-state index in [-0.39, 0.29) is 0 Å².